The Morgan fingerprint density at radius 2 is 2.22 bits per heavy atom. The van der Waals surface area contributed by atoms with Crippen molar-refractivity contribution in [2.24, 2.45) is 0 Å². The highest BCUT2D eigenvalue weighted by atomic mass is 19.4. The molecule has 0 aromatic carbocycles. The van der Waals surface area contributed by atoms with Crippen LogP contribution in [0.5, 0.6) is 0 Å². The van der Waals surface area contributed by atoms with Gasteiger partial charge in [-0.05, 0) is 19.9 Å². The minimum Gasteiger partial charge on any atom is -0.355 e. The quantitative estimate of drug-likeness (QED) is 0.772. The van der Waals surface area contributed by atoms with Crippen LogP contribution in [0, 0.1) is 0 Å². The van der Waals surface area contributed by atoms with E-state index in [2.05, 4.69) is 10.6 Å². The Morgan fingerprint density at radius 1 is 1.50 bits per heavy atom. The van der Waals surface area contributed by atoms with Crippen LogP contribution >= 0.6 is 0 Å². The first-order chi connectivity index (χ1) is 8.44. The maximum atomic E-state index is 12.1. The molecule has 0 aromatic rings. The number of alkyl halides is 3. The standard InChI is InChI=1S/C11H20F3N3O/c1-2-16-10(18)9-8-15-5-7-17(9)6-3-4-11(12,13)14/h9,15H,2-8H2,1H3,(H,16,18). The van der Waals surface area contributed by atoms with E-state index in [1.807, 2.05) is 11.8 Å². The first-order valence-electron chi connectivity index (χ1n) is 6.23. The number of likely N-dealkylation sites (N-methyl/N-ethyl adjacent to an activating group) is 1. The van der Waals surface area contributed by atoms with Crippen molar-refractivity contribution in [1.29, 1.82) is 0 Å². The molecule has 0 bridgehead atoms. The van der Waals surface area contributed by atoms with Crippen LogP contribution in [0.3, 0.4) is 0 Å². The number of nitrogens with zero attached hydrogens (tertiary/aromatic N) is 1. The van der Waals surface area contributed by atoms with Crippen molar-refractivity contribution >= 4 is 5.91 Å². The second-order valence-corrected chi connectivity index (χ2v) is 4.37. The number of carbonyl (C=O) groups is 1. The molecular weight excluding hydrogens is 247 g/mol. The minimum atomic E-state index is -4.12. The van der Waals surface area contributed by atoms with Crippen LogP contribution in [-0.2, 0) is 4.79 Å². The minimum absolute atomic E-state index is 0.0411. The van der Waals surface area contributed by atoms with Crippen molar-refractivity contribution < 1.29 is 18.0 Å². The van der Waals surface area contributed by atoms with Crippen LogP contribution in [-0.4, -0.2) is 55.7 Å². The van der Waals surface area contributed by atoms with Crippen molar-refractivity contribution in [1.82, 2.24) is 15.5 Å². The highest BCUT2D eigenvalue weighted by Crippen LogP contribution is 2.21. The van der Waals surface area contributed by atoms with Gasteiger partial charge in [-0.25, -0.2) is 0 Å². The van der Waals surface area contributed by atoms with Crippen LogP contribution in [0.4, 0.5) is 13.2 Å². The Hall–Kier alpha value is -0.820. The topological polar surface area (TPSA) is 44.4 Å². The molecule has 1 saturated heterocycles. The lowest BCUT2D eigenvalue weighted by Gasteiger charge is -2.35. The zero-order valence-corrected chi connectivity index (χ0v) is 10.5. The molecule has 1 amide bonds. The van der Waals surface area contributed by atoms with Crippen molar-refractivity contribution in [2.45, 2.75) is 32.0 Å². The van der Waals surface area contributed by atoms with Gasteiger partial charge in [0.25, 0.3) is 0 Å². The van der Waals surface area contributed by atoms with E-state index < -0.39 is 12.6 Å². The maximum absolute atomic E-state index is 12.1. The van der Waals surface area contributed by atoms with Gasteiger partial charge in [0.2, 0.25) is 5.91 Å². The summed E-state index contributed by atoms with van der Waals surface area (Å²) in [7, 11) is 0. The third-order valence-corrected chi connectivity index (χ3v) is 2.91. The Balaban J connectivity index is 2.42. The van der Waals surface area contributed by atoms with Crippen LogP contribution in [0.15, 0.2) is 0 Å². The van der Waals surface area contributed by atoms with Gasteiger partial charge < -0.3 is 10.6 Å². The first-order valence-corrected chi connectivity index (χ1v) is 6.23. The monoisotopic (exact) mass is 267 g/mol. The summed E-state index contributed by atoms with van der Waals surface area (Å²) in [6.45, 7) is 4.48. The molecule has 1 rings (SSSR count). The molecule has 0 saturated carbocycles. The summed E-state index contributed by atoms with van der Waals surface area (Å²) in [5.41, 5.74) is 0. The largest absolute Gasteiger partial charge is 0.389 e. The van der Waals surface area contributed by atoms with Gasteiger partial charge in [-0.1, -0.05) is 0 Å². The number of hydrogen-bond acceptors (Lipinski definition) is 3. The first kappa shape index (κ1) is 15.2. The Bertz CT molecular complexity index is 271. The fraction of sp³-hybridized carbons (Fsp3) is 0.909. The van der Waals surface area contributed by atoms with E-state index >= 15 is 0 Å². The molecule has 1 fully saturated rings. The van der Waals surface area contributed by atoms with Crippen LogP contribution in [0.25, 0.3) is 0 Å². The number of rotatable bonds is 5. The van der Waals surface area contributed by atoms with Crippen LogP contribution in [0.2, 0.25) is 0 Å². The summed E-state index contributed by atoms with van der Waals surface area (Å²) in [4.78, 5) is 13.6. The molecular formula is C11H20F3N3O. The number of nitrogens with one attached hydrogen (secondary N) is 2. The molecule has 1 heterocycles. The van der Waals surface area contributed by atoms with Gasteiger partial charge in [0, 0.05) is 32.6 Å². The number of carbonyl (C=O) groups excluding carboxylic acids is 1. The molecule has 18 heavy (non-hydrogen) atoms. The van der Waals surface area contributed by atoms with E-state index in [0.29, 0.717) is 32.7 Å². The van der Waals surface area contributed by atoms with Crippen molar-refractivity contribution in [3.05, 3.63) is 0 Å². The van der Waals surface area contributed by atoms with E-state index in [-0.39, 0.29) is 18.4 Å². The van der Waals surface area contributed by atoms with Crippen LogP contribution < -0.4 is 10.6 Å². The second kappa shape index (κ2) is 6.94. The number of piperazine rings is 1. The Morgan fingerprint density at radius 3 is 2.83 bits per heavy atom. The summed E-state index contributed by atoms with van der Waals surface area (Å²) in [5, 5.41) is 5.80. The third kappa shape index (κ3) is 5.22. The third-order valence-electron chi connectivity index (χ3n) is 2.91. The molecule has 2 N–H and O–H groups in total. The molecule has 1 atom stereocenters. The van der Waals surface area contributed by atoms with Gasteiger partial charge in [0.15, 0.2) is 0 Å². The molecule has 0 aliphatic carbocycles. The summed E-state index contributed by atoms with van der Waals surface area (Å²) in [5.74, 6) is -0.114. The van der Waals surface area contributed by atoms with Gasteiger partial charge in [-0.2, -0.15) is 13.2 Å². The molecule has 0 aromatic heterocycles. The van der Waals surface area contributed by atoms with Gasteiger partial charge >= 0.3 is 6.18 Å². The molecule has 1 unspecified atom stereocenters. The summed E-state index contributed by atoms with van der Waals surface area (Å²) in [6.07, 6.45) is -4.87. The number of halogens is 3. The molecule has 0 radical (unpaired) electrons. The molecule has 0 spiro atoms. The van der Waals surface area contributed by atoms with Crippen molar-refractivity contribution in [3.8, 4) is 0 Å². The number of amides is 1. The Kier molecular flexibility index (Phi) is 5.87. The lowest BCUT2D eigenvalue weighted by atomic mass is 10.1. The zero-order valence-electron chi connectivity index (χ0n) is 10.5. The summed E-state index contributed by atoms with van der Waals surface area (Å²) >= 11 is 0. The van der Waals surface area contributed by atoms with E-state index in [1.54, 1.807) is 0 Å². The van der Waals surface area contributed by atoms with Gasteiger partial charge in [-0.3, -0.25) is 9.69 Å². The Labute approximate surface area is 105 Å². The molecule has 106 valence electrons. The van der Waals surface area contributed by atoms with E-state index in [4.69, 9.17) is 0 Å². The lowest BCUT2D eigenvalue weighted by molar-refractivity contribution is -0.137. The normalized spacial score (nSPS) is 21.9. The predicted molar refractivity (Wildman–Crippen MR) is 62.2 cm³/mol. The molecule has 1 aliphatic rings. The zero-order chi connectivity index (χ0) is 13.6. The van der Waals surface area contributed by atoms with E-state index in [9.17, 15) is 18.0 Å². The van der Waals surface area contributed by atoms with Gasteiger partial charge in [-0.15, -0.1) is 0 Å². The highest BCUT2D eigenvalue weighted by Gasteiger charge is 2.30. The van der Waals surface area contributed by atoms with Crippen molar-refractivity contribution in [2.75, 3.05) is 32.7 Å². The maximum Gasteiger partial charge on any atom is 0.389 e. The van der Waals surface area contributed by atoms with E-state index in [1.165, 1.54) is 0 Å². The highest BCUT2D eigenvalue weighted by molar-refractivity contribution is 5.82. The fourth-order valence-electron chi connectivity index (χ4n) is 2.05. The molecule has 7 heteroatoms. The molecule has 1 aliphatic heterocycles. The van der Waals surface area contributed by atoms with Crippen molar-refractivity contribution in [3.63, 3.8) is 0 Å². The fourth-order valence-corrected chi connectivity index (χ4v) is 2.05. The predicted octanol–water partition coefficient (Wildman–Crippen LogP) is 0.739. The molecule has 4 nitrogen and oxygen atoms in total. The smallest absolute Gasteiger partial charge is 0.355 e. The van der Waals surface area contributed by atoms with Crippen LogP contribution in [0.1, 0.15) is 19.8 Å². The lowest BCUT2D eigenvalue weighted by Crippen LogP contribution is -2.58. The summed E-state index contributed by atoms with van der Waals surface area (Å²) < 4.78 is 36.2. The second-order valence-electron chi connectivity index (χ2n) is 4.37. The SMILES string of the molecule is CCNC(=O)C1CNCCN1CCCC(F)(F)F. The van der Waals surface area contributed by atoms with Gasteiger partial charge in [0.05, 0.1) is 0 Å². The van der Waals surface area contributed by atoms with E-state index in [0.717, 1.165) is 0 Å². The average molecular weight is 267 g/mol. The summed E-state index contributed by atoms with van der Waals surface area (Å²) in [6, 6.07) is -0.355. The number of hydrogen-bond donors (Lipinski definition) is 2. The van der Waals surface area contributed by atoms with Gasteiger partial charge in [0.1, 0.15) is 6.04 Å². The average Bonchev–Trinajstić information content (AvgIpc) is 2.28.